The first-order valence-corrected chi connectivity index (χ1v) is 4.57. The van der Waals surface area contributed by atoms with E-state index in [0.717, 1.165) is 5.56 Å². The molecule has 0 aromatic heterocycles. The van der Waals surface area contributed by atoms with Crippen LogP contribution < -0.4 is 4.74 Å². The van der Waals surface area contributed by atoms with Gasteiger partial charge in [0.2, 0.25) is 0 Å². The number of hydrogen-bond donors (Lipinski definition) is 1. The Hall–Kier alpha value is -1.22. The van der Waals surface area contributed by atoms with Gasteiger partial charge >= 0.3 is 5.97 Å². The summed E-state index contributed by atoms with van der Waals surface area (Å²) in [7, 11) is 1.50. The van der Waals surface area contributed by atoms with Crippen LogP contribution in [0, 0.1) is 0 Å². The molecule has 0 saturated carbocycles. The molecule has 1 N–H and O–H groups in total. The van der Waals surface area contributed by atoms with Crippen molar-refractivity contribution in [2.24, 2.45) is 0 Å². The number of ether oxygens (including phenoxy) is 1. The molecule has 14 heavy (non-hydrogen) atoms. The molecule has 0 bridgehead atoms. The molecule has 0 saturated heterocycles. The summed E-state index contributed by atoms with van der Waals surface area (Å²) in [5, 5.41) is 9.21. The largest absolute Gasteiger partial charge is 0.495 e. The molecule has 0 aliphatic heterocycles. The van der Waals surface area contributed by atoms with Crippen LogP contribution in [-0.4, -0.2) is 18.2 Å². The van der Waals surface area contributed by atoms with E-state index in [9.17, 15) is 4.79 Å². The maximum atomic E-state index is 10.8. The number of aromatic carboxylic acids is 1. The Balaban J connectivity index is 3.31. The fourth-order valence-corrected chi connectivity index (χ4v) is 1.48. The lowest BCUT2D eigenvalue weighted by Gasteiger charge is -2.08. The Morgan fingerprint density at radius 2 is 2.21 bits per heavy atom. The van der Waals surface area contributed by atoms with Crippen molar-refractivity contribution in [3.63, 3.8) is 0 Å². The average molecular weight is 215 g/mol. The molecule has 4 heteroatoms. The standard InChI is InChI=1S/C10H11ClO3/c1-3-6-4-9(14-2)8(11)5-7(6)10(12)13/h4-5H,3H2,1-2H3,(H,12,13). The molecule has 76 valence electrons. The second-order valence-corrected chi connectivity index (χ2v) is 3.21. The first-order chi connectivity index (χ1) is 6.60. The summed E-state index contributed by atoms with van der Waals surface area (Å²) >= 11 is 5.81. The van der Waals surface area contributed by atoms with Crippen molar-refractivity contribution in [3.8, 4) is 5.75 Å². The molecule has 3 nitrogen and oxygen atoms in total. The number of carboxylic acid groups (broad SMARTS) is 1. The third-order valence-electron chi connectivity index (χ3n) is 1.99. The summed E-state index contributed by atoms with van der Waals surface area (Å²) in [5.74, 6) is -0.458. The van der Waals surface area contributed by atoms with Gasteiger partial charge in [-0.2, -0.15) is 0 Å². The average Bonchev–Trinajstić information content (AvgIpc) is 2.17. The van der Waals surface area contributed by atoms with Crippen LogP contribution in [0.15, 0.2) is 12.1 Å². The number of methoxy groups -OCH3 is 1. The lowest BCUT2D eigenvalue weighted by atomic mass is 10.1. The van der Waals surface area contributed by atoms with Crippen molar-refractivity contribution < 1.29 is 14.6 Å². The lowest BCUT2D eigenvalue weighted by Crippen LogP contribution is -2.02. The molecule has 0 fully saturated rings. The zero-order valence-electron chi connectivity index (χ0n) is 8.00. The molecule has 1 aromatic rings. The first kappa shape index (κ1) is 10.9. The highest BCUT2D eigenvalue weighted by molar-refractivity contribution is 6.32. The summed E-state index contributed by atoms with van der Waals surface area (Å²) in [6.07, 6.45) is 0.634. The molecule has 0 radical (unpaired) electrons. The molecular weight excluding hydrogens is 204 g/mol. The molecular formula is C10H11ClO3. The van der Waals surface area contributed by atoms with Crippen LogP contribution in [-0.2, 0) is 6.42 Å². The molecule has 0 aliphatic rings. The topological polar surface area (TPSA) is 46.5 Å². The van der Waals surface area contributed by atoms with Crippen LogP contribution >= 0.6 is 11.6 Å². The predicted molar refractivity (Wildman–Crippen MR) is 54.3 cm³/mol. The Morgan fingerprint density at radius 3 is 2.64 bits per heavy atom. The van der Waals surface area contributed by atoms with Crippen LogP contribution in [0.2, 0.25) is 5.02 Å². The number of benzene rings is 1. The van der Waals surface area contributed by atoms with Crippen LogP contribution in [0.25, 0.3) is 0 Å². The van der Waals surface area contributed by atoms with Crippen LogP contribution in [0.5, 0.6) is 5.75 Å². The number of carbonyl (C=O) groups is 1. The third-order valence-corrected chi connectivity index (χ3v) is 2.28. The predicted octanol–water partition coefficient (Wildman–Crippen LogP) is 2.61. The quantitative estimate of drug-likeness (QED) is 0.842. The Kier molecular flexibility index (Phi) is 3.36. The van der Waals surface area contributed by atoms with Crippen molar-refractivity contribution in [1.82, 2.24) is 0 Å². The zero-order valence-corrected chi connectivity index (χ0v) is 8.76. The molecule has 1 rings (SSSR count). The van der Waals surface area contributed by atoms with Gasteiger partial charge in [-0.15, -0.1) is 0 Å². The van der Waals surface area contributed by atoms with E-state index in [-0.39, 0.29) is 5.56 Å². The van der Waals surface area contributed by atoms with Crippen molar-refractivity contribution >= 4 is 17.6 Å². The maximum Gasteiger partial charge on any atom is 0.336 e. The second kappa shape index (κ2) is 4.33. The molecule has 0 atom stereocenters. The minimum atomic E-state index is -0.966. The van der Waals surface area contributed by atoms with E-state index in [0.29, 0.717) is 17.2 Å². The third kappa shape index (κ3) is 1.99. The van der Waals surface area contributed by atoms with Gasteiger partial charge in [-0.25, -0.2) is 4.79 Å². The second-order valence-electron chi connectivity index (χ2n) is 2.80. The van der Waals surface area contributed by atoms with E-state index >= 15 is 0 Å². The highest BCUT2D eigenvalue weighted by Gasteiger charge is 2.12. The summed E-state index contributed by atoms with van der Waals surface area (Å²) in [6.45, 7) is 1.88. The molecule has 0 aliphatic carbocycles. The monoisotopic (exact) mass is 214 g/mol. The van der Waals surface area contributed by atoms with Crippen LogP contribution in [0.1, 0.15) is 22.8 Å². The normalized spacial score (nSPS) is 9.93. The van der Waals surface area contributed by atoms with Crippen molar-refractivity contribution in [2.45, 2.75) is 13.3 Å². The van der Waals surface area contributed by atoms with Gasteiger partial charge in [0.1, 0.15) is 5.75 Å². The van der Waals surface area contributed by atoms with Gasteiger partial charge in [-0.3, -0.25) is 0 Å². The van der Waals surface area contributed by atoms with Gasteiger partial charge in [-0.1, -0.05) is 18.5 Å². The fraction of sp³-hybridized carbons (Fsp3) is 0.300. The Bertz CT molecular complexity index is 361. The van der Waals surface area contributed by atoms with Crippen molar-refractivity contribution in [1.29, 1.82) is 0 Å². The Morgan fingerprint density at radius 1 is 1.57 bits per heavy atom. The van der Waals surface area contributed by atoms with Crippen LogP contribution in [0.4, 0.5) is 0 Å². The molecule has 0 spiro atoms. The number of hydrogen-bond acceptors (Lipinski definition) is 2. The summed E-state index contributed by atoms with van der Waals surface area (Å²) in [4.78, 5) is 10.8. The van der Waals surface area contributed by atoms with Gasteiger partial charge in [0.15, 0.2) is 0 Å². The van der Waals surface area contributed by atoms with E-state index in [1.54, 1.807) is 6.07 Å². The van der Waals surface area contributed by atoms with Crippen molar-refractivity contribution in [3.05, 3.63) is 28.3 Å². The zero-order chi connectivity index (χ0) is 10.7. The van der Waals surface area contributed by atoms with Gasteiger partial charge in [0.05, 0.1) is 17.7 Å². The minimum absolute atomic E-state index is 0.235. The smallest absolute Gasteiger partial charge is 0.336 e. The minimum Gasteiger partial charge on any atom is -0.495 e. The van der Waals surface area contributed by atoms with Gasteiger partial charge in [0.25, 0.3) is 0 Å². The fourth-order valence-electron chi connectivity index (χ4n) is 1.24. The number of aryl methyl sites for hydroxylation is 1. The van der Waals surface area contributed by atoms with E-state index in [2.05, 4.69) is 0 Å². The van der Waals surface area contributed by atoms with E-state index in [1.165, 1.54) is 13.2 Å². The molecule has 1 aromatic carbocycles. The molecule has 0 amide bonds. The highest BCUT2D eigenvalue weighted by atomic mass is 35.5. The van der Waals surface area contributed by atoms with Crippen molar-refractivity contribution in [2.75, 3.05) is 7.11 Å². The summed E-state index contributed by atoms with van der Waals surface area (Å²) in [6, 6.07) is 3.08. The Labute approximate surface area is 87.3 Å². The number of carboxylic acids is 1. The van der Waals surface area contributed by atoms with Crippen LogP contribution in [0.3, 0.4) is 0 Å². The lowest BCUT2D eigenvalue weighted by molar-refractivity contribution is 0.0695. The summed E-state index contributed by atoms with van der Waals surface area (Å²) < 4.78 is 5.00. The molecule has 0 unspecified atom stereocenters. The van der Waals surface area contributed by atoms with E-state index in [1.807, 2.05) is 6.92 Å². The van der Waals surface area contributed by atoms with Gasteiger partial charge in [0, 0.05) is 0 Å². The first-order valence-electron chi connectivity index (χ1n) is 4.19. The maximum absolute atomic E-state index is 10.8. The van der Waals surface area contributed by atoms with Gasteiger partial charge < -0.3 is 9.84 Å². The number of halogens is 1. The summed E-state index contributed by atoms with van der Waals surface area (Å²) in [5.41, 5.74) is 0.956. The number of rotatable bonds is 3. The SMILES string of the molecule is CCc1cc(OC)c(Cl)cc1C(=O)O. The van der Waals surface area contributed by atoms with Gasteiger partial charge in [-0.05, 0) is 24.1 Å². The van der Waals surface area contributed by atoms with E-state index in [4.69, 9.17) is 21.4 Å². The van der Waals surface area contributed by atoms with E-state index < -0.39 is 5.97 Å². The molecule has 0 heterocycles. The highest BCUT2D eigenvalue weighted by Crippen LogP contribution is 2.28.